The normalized spacial score (nSPS) is 12.2. The minimum absolute atomic E-state index is 0.0630. The number of rotatable bonds is 7. The van der Waals surface area contributed by atoms with E-state index < -0.39 is 11.9 Å². The predicted molar refractivity (Wildman–Crippen MR) is 91.2 cm³/mol. The number of aromatic nitrogens is 2. The van der Waals surface area contributed by atoms with Gasteiger partial charge in [-0.3, -0.25) is 9.59 Å². The first-order valence-electron chi connectivity index (χ1n) is 8.11. The molecule has 6 nitrogen and oxygen atoms in total. The third-order valence-electron chi connectivity index (χ3n) is 3.94. The number of aliphatic carboxylic acids is 1. The van der Waals surface area contributed by atoms with Gasteiger partial charge in [0.25, 0.3) is 5.91 Å². The summed E-state index contributed by atoms with van der Waals surface area (Å²) in [5, 5.41) is 16.1. The number of carboxylic acid groups (broad SMARTS) is 1. The highest BCUT2D eigenvalue weighted by Crippen LogP contribution is 2.15. The van der Waals surface area contributed by atoms with Gasteiger partial charge in [0.15, 0.2) is 0 Å². The van der Waals surface area contributed by atoms with Crippen LogP contribution in [0.15, 0.2) is 30.5 Å². The Balaban J connectivity index is 2.10. The molecule has 1 heterocycles. The van der Waals surface area contributed by atoms with E-state index in [0.29, 0.717) is 23.4 Å². The fourth-order valence-electron chi connectivity index (χ4n) is 2.63. The second kappa shape index (κ2) is 7.92. The monoisotopic (exact) mass is 347 g/mol. The van der Waals surface area contributed by atoms with E-state index in [1.807, 2.05) is 13.8 Å². The predicted octanol–water partition coefficient (Wildman–Crippen LogP) is 2.80. The number of nitrogens with zero attached hydrogens (tertiary/aromatic N) is 2. The Morgan fingerprint density at radius 2 is 1.92 bits per heavy atom. The van der Waals surface area contributed by atoms with Crippen LogP contribution in [0, 0.1) is 24.6 Å². The van der Waals surface area contributed by atoms with Crippen LogP contribution in [0.5, 0.6) is 0 Å². The summed E-state index contributed by atoms with van der Waals surface area (Å²) >= 11 is 0. The third kappa shape index (κ3) is 4.65. The second-order valence-corrected chi connectivity index (χ2v) is 6.41. The van der Waals surface area contributed by atoms with Crippen LogP contribution in [0.3, 0.4) is 0 Å². The molecule has 1 aromatic heterocycles. The van der Waals surface area contributed by atoms with Gasteiger partial charge in [0, 0.05) is 6.54 Å². The van der Waals surface area contributed by atoms with Crippen LogP contribution in [0.4, 0.5) is 4.39 Å². The molecule has 134 valence electrons. The number of carbonyl (C=O) groups is 2. The Morgan fingerprint density at radius 3 is 2.48 bits per heavy atom. The van der Waals surface area contributed by atoms with Crippen molar-refractivity contribution >= 4 is 11.9 Å². The maximum Gasteiger partial charge on any atom is 0.308 e. The number of halogens is 1. The van der Waals surface area contributed by atoms with Gasteiger partial charge in [-0.05, 0) is 43.5 Å². The van der Waals surface area contributed by atoms with E-state index in [-0.39, 0.29) is 24.2 Å². The summed E-state index contributed by atoms with van der Waals surface area (Å²) in [6.45, 7) is 5.67. The van der Waals surface area contributed by atoms with E-state index in [2.05, 4.69) is 10.4 Å². The molecule has 0 aliphatic rings. The van der Waals surface area contributed by atoms with Gasteiger partial charge < -0.3 is 10.4 Å². The van der Waals surface area contributed by atoms with Crippen LogP contribution in [0.25, 0.3) is 5.69 Å². The van der Waals surface area contributed by atoms with Crippen molar-refractivity contribution in [2.75, 3.05) is 6.54 Å². The van der Waals surface area contributed by atoms with Crippen LogP contribution in [0.2, 0.25) is 0 Å². The lowest BCUT2D eigenvalue weighted by Gasteiger charge is -2.15. The van der Waals surface area contributed by atoms with Gasteiger partial charge in [-0.15, -0.1) is 0 Å². The average Bonchev–Trinajstić information content (AvgIpc) is 2.93. The molecule has 0 aliphatic heterocycles. The van der Waals surface area contributed by atoms with E-state index in [4.69, 9.17) is 0 Å². The molecular weight excluding hydrogens is 325 g/mol. The number of carboxylic acids is 1. The smallest absolute Gasteiger partial charge is 0.308 e. The van der Waals surface area contributed by atoms with Crippen molar-refractivity contribution in [3.8, 4) is 5.69 Å². The largest absolute Gasteiger partial charge is 0.481 e. The first-order chi connectivity index (χ1) is 11.8. The van der Waals surface area contributed by atoms with Gasteiger partial charge in [0.2, 0.25) is 0 Å². The lowest BCUT2D eigenvalue weighted by Crippen LogP contribution is -2.33. The number of nitrogens with one attached hydrogen (secondary N) is 1. The number of amides is 1. The minimum Gasteiger partial charge on any atom is -0.481 e. The van der Waals surface area contributed by atoms with Crippen LogP contribution in [-0.2, 0) is 4.79 Å². The lowest BCUT2D eigenvalue weighted by molar-refractivity contribution is -0.142. The third-order valence-corrected chi connectivity index (χ3v) is 3.94. The molecule has 0 spiro atoms. The number of hydrogen-bond donors (Lipinski definition) is 2. The highest BCUT2D eigenvalue weighted by molar-refractivity contribution is 5.95. The Bertz CT molecular complexity index is 753. The maximum absolute atomic E-state index is 13.0. The molecule has 25 heavy (non-hydrogen) atoms. The second-order valence-electron chi connectivity index (χ2n) is 6.41. The Labute approximate surface area is 145 Å². The van der Waals surface area contributed by atoms with E-state index in [1.165, 1.54) is 23.0 Å². The number of carbonyl (C=O) groups excluding carboxylic acids is 1. The molecule has 1 amide bonds. The molecule has 0 fully saturated rings. The van der Waals surface area contributed by atoms with Gasteiger partial charge in [-0.25, -0.2) is 9.07 Å². The van der Waals surface area contributed by atoms with Crippen molar-refractivity contribution < 1.29 is 19.1 Å². The number of benzene rings is 1. The molecule has 0 saturated carbocycles. The maximum atomic E-state index is 13.0. The lowest BCUT2D eigenvalue weighted by atomic mass is 9.97. The molecule has 7 heteroatoms. The van der Waals surface area contributed by atoms with Crippen molar-refractivity contribution in [1.82, 2.24) is 15.1 Å². The first kappa shape index (κ1) is 18.6. The van der Waals surface area contributed by atoms with Crippen LogP contribution < -0.4 is 5.32 Å². The molecule has 1 unspecified atom stereocenters. The zero-order chi connectivity index (χ0) is 18.6. The van der Waals surface area contributed by atoms with E-state index >= 15 is 0 Å². The van der Waals surface area contributed by atoms with E-state index in [9.17, 15) is 19.1 Å². The highest BCUT2D eigenvalue weighted by Gasteiger charge is 2.21. The summed E-state index contributed by atoms with van der Waals surface area (Å²) in [5.74, 6) is -2.05. The van der Waals surface area contributed by atoms with E-state index in [0.717, 1.165) is 0 Å². The molecule has 1 aromatic carbocycles. The van der Waals surface area contributed by atoms with E-state index in [1.54, 1.807) is 19.1 Å². The topological polar surface area (TPSA) is 84.2 Å². The van der Waals surface area contributed by atoms with Crippen molar-refractivity contribution in [1.29, 1.82) is 0 Å². The van der Waals surface area contributed by atoms with Crippen LogP contribution in [0.1, 0.15) is 36.3 Å². The van der Waals surface area contributed by atoms with Crippen molar-refractivity contribution in [2.24, 2.45) is 11.8 Å². The molecule has 0 radical (unpaired) electrons. The summed E-state index contributed by atoms with van der Waals surface area (Å²) in [4.78, 5) is 23.6. The SMILES string of the molecule is Cc1c(C(=O)NCC(CC(C)C)C(=O)O)cnn1-c1ccc(F)cc1. The molecule has 2 aromatic rings. The summed E-state index contributed by atoms with van der Waals surface area (Å²) in [6, 6.07) is 5.78. The average molecular weight is 347 g/mol. The fourth-order valence-corrected chi connectivity index (χ4v) is 2.63. The summed E-state index contributed by atoms with van der Waals surface area (Å²) in [5.41, 5.74) is 1.60. The zero-order valence-corrected chi connectivity index (χ0v) is 14.5. The zero-order valence-electron chi connectivity index (χ0n) is 14.5. The molecule has 0 bridgehead atoms. The van der Waals surface area contributed by atoms with Gasteiger partial charge in [-0.2, -0.15) is 5.10 Å². The summed E-state index contributed by atoms with van der Waals surface area (Å²) in [6.07, 6.45) is 1.91. The standard InChI is InChI=1S/C18H22FN3O3/c1-11(2)8-13(18(24)25)9-20-17(23)16-10-21-22(12(16)3)15-6-4-14(19)5-7-15/h4-7,10-11,13H,8-9H2,1-3H3,(H,20,23)(H,24,25). The quantitative estimate of drug-likeness (QED) is 0.807. The van der Waals surface area contributed by atoms with Crippen LogP contribution >= 0.6 is 0 Å². The Hall–Kier alpha value is -2.70. The molecule has 0 aliphatic carbocycles. The molecule has 0 saturated heterocycles. The fraction of sp³-hybridized carbons (Fsp3) is 0.389. The Morgan fingerprint density at radius 1 is 1.28 bits per heavy atom. The van der Waals surface area contributed by atoms with Crippen molar-refractivity contribution in [3.63, 3.8) is 0 Å². The van der Waals surface area contributed by atoms with Crippen molar-refractivity contribution in [2.45, 2.75) is 27.2 Å². The Kier molecular flexibility index (Phi) is 5.90. The highest BCUT2D eigenvalue weighted by atomic mass is 19.1. The van der Waals surface area contributed by atoms with Crippen molar-refractivity contribution in [3.05, 3.63) is 47.5 Å². The van der Waals surface area contributed by atoms with Gasteiger partial charge in [-0.1, -0.05) is 13.8 Å². The number of hydrogen-bond acceptors (Lipinski definition) is 3. The molecular formula is C18H22FN3O3. The molecule has 1 atom stereocenters. The molecule has 2 N–H and O–H groups in total. The van der Waals surface area contributed by atoms with Gasteiger partial charge >= 0.3 is 5.97 Å². The summed E-state index contributed by atoms with van der Waals surface area (Å²) < 4.78 is 14.6. The van der Waals surface area contributed by atoms with Crippen LogP contribution in [-0.4, -0.2) is 33.3 Å². The first-order valence-corrected chi connectivity index (χ1v) is 8.11. The molecule has 2 rings (SSSR count). The summed E-state index contributed by atoms with van der Waals surface area (Å²) in [7, 11) is 0. The van der Waals surface area contributed by atoms with Gasteiger partial charge in [0.05, 0.1) is 29.1 Å². The van der Waals surface area contributed by atoms with Gasteiger partial charge in [0.1, 0.15) is 5.82 Å². The minimum atomic E-state index is -0.923.